The zero-order valence-electron chi connectivity index (χ0n) is 30.0. The second-order valence-electron chi connectivity index (χ2n) is 13.9. The van der Waals surface area contributed by atoms with Crippen molar-refractivity contribution in [3.05, 3.63) is 188 Å². The van der Waals surface area contributed by atoms with Gasteiger partial charge < -0.3 is 4.57 Å². The summed E-state index contributed by atoms with van der Waals surface area (Å²) in [7, 11) is 0. The molecule has 0 aliphatic heterocycles. The highest BCUT2D eigenvalue weighted by atomic mass is 32.1. The number of hydrogen-bond donors (Lipinski definition) is 0. The Morgan fingerprint density at radius 2 is 1.00 bits per heavy atom. The van der Waals surface area contributed by atoms with E-state index in [9.17, 15) is 0 Å². The Kier molecular flexibility index (Phi) is 7.60. The summed E-state index contributed by atoms with van der Waals surface area (Å²) in [6.45, 7) is 0. The number of para-hydroxylation sites is 1. The molecular weight excluding hydrogens is 703 g/mol. The summed E-state index contributed by atoms with van der Waals surface area (Å²) in [6, 6.07) is 61.9. The second-order valence-corrected chi connectivity index (χ2v) is 15.0. The number of rotatable bonds is 6. The Bertz CT molecular complexity index is 3230. The van der Waals surface area contributed by atoms with Crippen LogP contribution in [0.15, 0.2) is 188 Å². The van der Waals surface area contributed by atoms with E-state index in [1.54, 1.807) is 6.20 Å². The molecule has 6 heteroatoms. The molecule has 0 radical (unpaired) electrons. The van der Waals surface area contributed by atoms with Crippen LogP contribution in [0.25, 0.3) is 104 Å². The molecule has 0 aliphatic rings. The lowest BCUT2D eigenvalue weighted by Crippen LogP contribution is -2.00. The van der Waals surface area contributed by atoms with Crippen molar-refractivity contribution in [1.29, 1.82) is 0 Å². The maximum absolute atomic E-state index is 5.05. The van der Waals surface area contributed by atoms with Crippen molar-refractivity contribution in [2.45, 2.75) is 0 Å². The van der Waals surface area contributed by atoms with E-state index in [1.807, 2.05) is 66.1 Å². The molecule has 0 saturated heterocycles. The van der Waals surface area contributed by atoms with Gasteiger partial charge in [-0.1, -0.05) is 127 Å². The van der Waals surface area contributed by atoms with E-state index in [-0.39, 0.29) is 0 Å². The molecule has 0 spiro atoms. The molecule has 0 bridgehead atoms. The highest BCUT2D eigenvalue weighted by molar-refractivity contribution is 7.26. The quantitative estimate of drug-likeness (QED) is 0.171. The molecule has 5 nitrogen and oxygen atoms in total. The minimum atomic E-state index is 0.622. The molecule has 0 unspecified atom stereocenters. The van der Waals surface area contributed by atoms with Gasteiger partial charge in [0.1, 0.15) is 0 Å². The van der Waals surface area contributed by atoms with Crippen LogP contribution in [0.4, 0.5) is 0 Å². The Morgan fingerprint density at radius 1 is 0.393 bits per heavy atom. The van der Waals surface area contributed by atoms with Crippen LogP contribution < -0.4 is 0 Å². The van der Waals surface area contributed by atoms with Crippen LogP contribution in [-0.4, -0.2) is 24.5 Å². The number of fused-ring (bicyclic) bond motifs is 7. The van der Waals surface area contributed by atoms with Gasteiger partial charge in [-0.3, -0.25) is 4.98 Å². The number of aromatic nitrogens is 5. The normalized spacial score (nSPS) is 11.6. The van der Waals surface area contributed by atoms with Crippen molar-refractivity contribution in [2.75, 3.05) is 0 Å². The number of nitrogens with zero attached hydrogens (tertiary/aromatic N) is 5. The minimum absolute atomic E-state index is 0.622. The lowest BCUT2D eigenvalue weighted by Gasteiger charge is -2.10. The smallest absolute Gasteiger partial charge is 0.164 e. The van der Waals surface area contributed by atoms with E-state index in [1.165, 1.54) is 42.0 Å². The van der Waals surface area contributed by atoms with E-state index < -0.39 is 0 Å². The molecule has 0 N–H and O–H groups in total. The second kappa shape index (κ2) is 13.2. The van der Waals surface area contributed by atoms with Crippen LogP contribution in [0.5, 0.6) is 0 Å². The molecule has 4 heterocycles. The van der Waals surface area contributed by atoms with Gasteiger partial charge in [-0.15, -0.1) is 11.3 Å². The summed E-state index contributed by atoms with van der Waals surface area (Å²) in [5.74, 6) is 1.88. The van der Waals surface area contributed by atoms with E-state index in [0.717, 1.165) is 44.6 Å². The average molecular weight is 734 g/mol. The lowest BCUT2D eigenvalue weighted by molar-refractivity contribution is 1.07. The zero-order chi connectivity index (χ0) is 37.0. The fraction of sp³-hybridized carbons (Fsp3) is 0. The van der Waals surface area contributed by atoms with Gasteiger partial charge in [-0.2, -0.15) is 0 Å². The fourth-order valence-corrected chi connectivity index (χ4v) is 9.11. The topological polar surface area (TPSA) is 56.5 Å². The summed E-state index contributed by atoms with van der Waals surface area (Å²) >= 11 is 1.88. The molecule has 11 aromatic rings. The number of benzene rings is 7. The minimum Gasteiger partial charge on any atom is -0.309 e. The first-order chi connectivity index (χ1) is 27.7. The van der Waals surface area contributed by atoms with Gasteiger partial charge in [0, 0.05) is 71.3 Å². The first-order valence-electron chi connectivity index (χ1n) is 18.6. The van der Waals surface area contributed by atoms with Gasteiger partial charge in [0.15, 0.2) is 17.5 Å². The lowest BCUT2D eigenvalue weighted by atomic mass is 10.0. The Morgan fingerprint density at radius 3 is 1.79 bits per heavy atom. The van der Waals surface area contributed by atoms with E-state index in [0.29, 0.717) is 17.5 Å². The summed E-state index contributed by atoms with van der Waals surface area (Å²) in [4.78, 5) is 19.3. The van der Waals surface area contributed by atoms with Crippen molar-refractivity contribution in [3.63, 3.8) is 0 Å². The van der Waals surface area contributed by atoms with Crippen molar-refractivity contribution < 1.29 is 0 Å². The summed E-state index contributed by atoms with van der Waals surface area (Å²) in [6.07, 6.45) is 3.66. The van der Waals surface area contributed by atoms with Gasteiger partial charge >= 0.3 is 0 Å². The van der Waals surface area contributed by atoms with E-state index >= 15 is 0 Å². The molecule has 56 heavy (non-hydrogen) atoms. The van der Waals surface area contributed by atoms with Crippen molar-refractivity contribution in [3.8, 4) is 62.1 Å². The van der Waals surface area contributed by atoms with Crippen LogP contribution in [0.3, 0.4) is 0 Å². The molecular formula is C50H31N5S. The van der Waals surface area contributed by atoms with Crippen molar-refractivity contribution >= 4 is 53.3 Å². The molecule has 0 saturated carbocycles. The van der Waals surface area contributed by atoms with E-state index in [2.05, 4.69) is 137 Å². The molecule has 0 fully saturated rings. The Balaban J connectivity index is 1.03. The number of hydrogen-bond acceptors (Lipinski definition) is 5. The zero-order valence-corrected chi connectivity index (χ0v) is 30.9. The third kappa shape index (κ3) is 5.46. The largest absolute Gasteiger partial charge is 0.309 e. The van der Waals surface area contributed by atoms with Crippen molar-refractivity contribution in [1.82, 2.24) is 24.5 Å². The third-order valence-electron chi connectivity index (χ3n) is 10.5. The van der Waals surface area contributed by atoms with Crippen LogP contribution >= 0.6 is 11.3 Å². The third-order valence-corrected chi connectivity index (χ3v) is 11.8. The predicted octanol–water partition coefficient (Wildman–Crippen LogP) is 13.1. The van der Waals surface area contributed by atoms with Crippen molar-refractivity contribution in [2.24, 2.45) is 0 Å². The van der Waals surface area contributed by atoms with Gasteiger partial charge in [0.2, 0.25) is 0 Å². The average Bonchev–Trinajstić information content (AvgIpc) is 3.83. The Hall–Kier alpha value is -7.28. The SMILES string of the molecule is c1ccc(-c2nc(-c3ccc(-c4ccc5c(c4)c4c6sc7ccccc7c6ccc4n5-c4ccccc4)cc3)nc(-c3cccc(-c4cccnc4)c3)n2)cc1. The number of pyridine rings is 1. The molecule has 7 aromatic carbocycles. The molecule has 0 aliphatic carbocycles. The summed E-state index contributed by atoms with van der Waals surface area (Å²) in [5.41, 5.74) is 10.7. The summed E-state index contributed by atoms with van der Waals surface area (Å²) in [5, 5.41) is 5.14. The molecule has 11 rings (SSSR count). The first-order valence-corrected chi connectivity index (χ1v) is 19.4. The van der Waals surface area contributed by atoms with Crippen LogP contribution in [0.1, 0.15) is 0 Å². The molecule has 4 aromatic heterocycles. The first kappa shape index (κ1) is 32.2. The van der Waals surface area contributed by atoms with Gasteiger partial charge in [-0.25, -0.2) is 15.0 Å². The highest BCUT2D eigenvalue weighted by Crippen LogP contribution is 2.44. The van der Waals surface area contributed by atoms with Crippen LogP contribution in [0, 0.1) is 0 Å². The van der Waals surface area contributed by atoms with Crippen LogP contribution in [0.2, 0.25) is 0 Å². The molecule has 262 valence electrons. The maximum atomic E-state index is 5.05. The van der Waals surface area contributed by atoms with Gasteiger partial charge in [0.05, 0.1) is 11.0 Å². The predicted molar refractivity (Wildman–Crippen MR) is 232 cm³/mol. The van der Waals surface area contributed by atoms with E-state index in [4.69, 9.17) is 15.0 Å². The Labute approximate surface area is 326 Å². The molecule has 0 atom stereocenters. The fourth-order valence-electron chi connectivity index (χ4n) is 7.85. The highest BCUT2D eigenvalue weighted by Gasteiger charge is 2.19. The summed E-state index contributed by atoms with van der Waals surface area (Å²) < 4.78 is 5.03. The standard InChI is InChI=1S/C50H31N5S/c1-3-11-33(12-4-1)48-52-49(54-50(53-48)37-14-9-13-35(29-37)38-15-10-28-51-31-38)34-22-20-32(21-23-34)36-24-26-43-42(30-36)46-44(55(43)39-16-5-2-6-17-39)27-25-41-40-18-7-8-19-45(40)56-47(41)46/h1-31H. The van der Waals surface area contributed by atoms with Gasteiger partial charge in [-0.05, 0) is 65.2 Å². The number of thiophene rings is 1. The monoisotopic (exact) mass is 733 g/mol. The molecule has 0 amide bonds. The van der Waals surface area contributed by atoms with Crippen LogP contribution in [-0.2, 0) is 0 Å². The maximum Gasteiger partial charge on any atom is 0.164 e. The van der Waals surface area contributed by atoms with Gasteiger partial charge in [0.25, 0.3) is 0 Å².